The molecule has 2 aromatic rings. The molecule has 1 saturated carbocycles. The van der Waals surface area contributed by atoms with Crippen LogP contribution in [-0.2, 0) is 14.6 Å². The summed E-state index contributed by atoms with van der Waals surface area (Å²) in [6, 6.07) is 10.2. The number of pyridine rings is 1. The van der Waals surface area contributed by atoms with Crippen molar-refractivity contribution in [2.24, 2.45) is 5.92 Å². The molecule has 7 heteroatoms. The largest absolute Gasteiger partial charge is 0.310 e. The van der Waals surface area contributed by atoms with Gasteiger partial charge < -0.3 is 5.32 Å². The number of carbonyl (C=O) groups is 1. The Morgan fingerprint density at radius 2 is 1.89 bits per heavy atom. The molecule has 1 atom stereocenters. The third-order valence-electron chi connectivity index (χ3n) is 5.04. The Morgan fingerprint density at radius 3 is 2.48 bits per heavy atom. The topological polar surface area (TPSA) is 76.1 Å². The number of halogens is 1. The number of hydrogen-bond acceptors (Lipinski definition) is 4. The third kappa shape index (κ3) is 5.39. The fourth-order valence-corrected chi connectivity index (χ4v) is 4.57. The van der Waals surface area contributed by atoms with E-state index in [2.05, 4.69) is 26.2 Å². The van der Waals surface area contributed by atoms with E-state index in [0.29, 0.717) is 11.7 Å². The minimum Gasteiger partial charge on any atom is -0.310 e. The van der Waals surface area contributed by atoms with Crippen molar-refractivity contribution in [1.82, 2.24) is 4.98 Å². The van der Waals surface area contributed by atoms with Gasteiger partial charge in [0.05, 0.1) is 10.8 Å². The van der Waals surface area contributed by atoms with Crippen LogP contribution in [0.3, 0.4) is 0 Å². The Balaban J connectivity index is 1.84. The maximum atomic E-state index is 13.0. The van der Waals surface area contributed by atoms with E-state index in [9.17, 15) is 13.2 Å². The first kappa shape index (κ1) is 20.0. The number of nitrogens with one attached hydrogen (secondary N) is 1. The molecule has 3 rings (SSSR count). The van der Waals surface area contributed by atoms with E-state index in [-0.39, 0.29) is 16.7 Å². The minimum absolute atomic E-state index is 0.111. The molecule has 1 aliphatic rings. The van der Waals surface area contributed by atoms with Gasteiger partial charge in [-0.25, -0.2) is 13.4 Å². The first-order valence-corrected chi connectivity index (χ1v) is 11.7. The molecule has 1 aliphatic carbocycles. The fraction of sp³-hybridized carbons (Fsp3) is 0.400. The smallest absolute Gasteiger partial charge is 0.233 e. The summed E-state index contributed by atoms with van der Waals surface area (Å²) in [5, 5.41) is 2.90. The highest BCUT2D eigenvalue weighted by molar-refractivity contribution is 9.10. The zero-order valence-corrected chi connectivity index (χ0v) is 17.6. The van der Waals surface area contributed by atoms with Crippen molar-refractivity contribution in [3.63, 3.8) is 0 Å². The van der Waals surface area contributed by atoms with E-state index in [1.54, 1.807) is 42.6 Å². The molecule has 0 aliphatic heterocycles. The Hall–Kier alpha value is -1.73. The molecule has 1 aromatic heterocycles. The Bertz CT molecular complexity index is 907. The number of benzene rings is 1. The van der Waals surface area contributed by atoms with Gasteiger partial charge in [0.2, 0.25) is 5.91 Å². The lowest BCUT2D eigenvalue weighted by Gasteiger charge is -2.21. The summed E-state index contributed by atoms with van der Waals surface area (Å²) in [6.07, 6.45) is 8.27. The van der Waals surface area contributed by atoms with Crippen LogP contribution in [0.4, 0.5) is 5.82 Å². The molecule has 5 nitrogen and oxygen atoms in total. The van der Waals surface area contributed by atoms with Crippen LogP contribution in [0, 0.1) is 5.92 Å². The highest BCUT2D eigenvalue weighted by Crippen LogP contribution is 2.35. The number of nitrogens with zero attached hydrogens (tertiary/aromatic N) is 1. The molecule has 0 bridgehead atoms. The van der Waals surface area contributed by atoms with E-state index in [1.807, 2.05) is 0 Å². The second-order valence-electron chi connectivity index (χ2n) is 7.13. The van der Waals surface area contributed by atoms with Crippen molar-refractivity contribution in [3.05, 3.63) is 52.6 Å². The quantitative estimate of drug-likeness (QED) is 0.699. The Morgan fingerprint density at radius 1 is 1.22 bits per heavy atom. The first-order chi connectivity index (χ1) is 12.8. The summed E-state index contributed by atoms with van der Waals surface area (Å²) in [5.41, 5.74) is 0.835. The highest BCUT2D eigenvalue weighted by Gasteiger charge is 2.27. The van der Waals surface area contributed by atoms with E-state index in [0.717, 1.165) is 29.3 Å². The summed E-state index contributed by atoms with van der Waals surface area (Å²) in [6.45, 7) is 0. The lowest BCUT2D eigenvalue weighted by molar-refractivity contribution is -0.118. The van der Waals surface area contributed by atoms with Crippen molar-refractivity contribution in [2.45, 2.75) is 42.9 Å². The van der Waals surface area contributed by atoms with Crippen LogP contribution in [0.15, 0.2) is 52.0 Å². The number of aromatic nitrogens is 1. The van der Waals surface area contributed by atoms with Crippen molar-refractivity contribution >= 4 is 37.5 Å². The number of rotatable bonds is 6. The molecule has 27 heavy (non-hydrogen) atoms. The van der Waals surface area contributed by atoms with E-state index in [4.69, 9.17) is 0 Å². The lowest BCUT2D eigenvalue weighted by Crippen LogP contribution is -2.23. The fourth-order valence-electron chi connectivity index (χ4n) is 3.61. The maximum absolute atomic E-state index is 13.0. The Labute approximate surface area is 168 Å². The van der Waals surface area contributed by atoms with Gasteiger partial charge in [0.15, 0.2) is 9.84 Å². The predicted octanol–water partition coefficient (Wildman–Crippen LogP) is 4.55. The van der Waals surface area contributed by atoms with Crippen molar-refractivity contribution in [2.75, 3.05) is 11.6 Å². The number of hydrogen-bond donors (Lipinski definition) is 1. The van der Waals surface area contributed by atoms with Crippen LogP contribution in [0.5, 0.6) is 0 Å². The third-order valence-corrected chi connectivity index (χ3v) is 6.67. The van der Waals surface area contributed by atoms with Gasteiger partial charge in [-0.1, -0.05) is 53.7 Å². The summed E-state index contributed by atoms with van der Waals surface area (Å²) < 4.78 is 24.3. The second-order valence-corrected chi connectivity index (χ2v) is 10.1. The van der Waals surface area contributed by atoms with E-state index < -0.39 is 9.84 Å². The summed E-state index contributed by atoms with van der Waals surface area (Å²) in [7, 11) is -3.26. The molecule has 1 aromatic carbocycles. The summed E-state index contributed by atoms with van der Waals surface area (Å²) in [4.78, 5) is 17.5. The molecule has 0 radical (unpaired) electrons. The molecule has 144 valence electrons. The zero-order chi connectivity index (χ0) is 19.4. The number of carbonyl (C=O) groups excluding carboxylic acids is 1. The molecule has 1 heterocycles. The number of anilines is 1. The first-order valence-electron chi connectivity index (χ1n) is 9.05. The van der Waals surface area contributed by atoms with Gasteiger partial charge in [-0.05, 0) is 42.2 Å². The highest BCUT2D eigenvalue weighted by atomic mass is 79.9. The van der Waals surface area contributed by atoms with Crippen LogP contribution >= 0.6 is 15.9 Å². The molecule has 1 fully saturated rings. The van der Waals surface area contributed by atoms with E-state index >= 15 is 0 Å². The van der Waals surface area contributed by atoms with Gasteiger partial charge in [-0.2, -0.15) is 0 Å². The molecule has 1 amide bonds. The SMILES string of the molecule is CS(=O)(=O)c1ccc([C@@H](CC2CCCC2)C(=O)Nc2cc(Br)ccn2)cc1. The van der Waals surface area contributed by atoms with Gasteiger partial charge in [0, 0.05) is 16.9 Å². The maximum Gasteiger partial charge on any atom is 0.233 e. The monoisotopic (exact) mass is 450 g/mol. The van der Waals surface area contributed by atoms with Crippen molar-refractivity contribution in [3.8, 4) is 0 Å². The van der Waals surface area contributed by atoms with Gasteiger partial charge >= 0.3 is 0 Å². The van der Waals surface area contributed by atoms with Crippen LogP contribution in [0.2, 0.25) is 0 Å². The van der Waals surface area contributed by atoms with Crippen molar-refractivity contribution < 1.29 is 13.2 Å². The molecular formula is C20H23BrN2O3S. The van der Waals surface area contributed by atoms with Gasteiger partial charge in [-0.15, -0.1) is 0 Å². The van der Waals surface area contributed by atoms with Crippen LogP contribution < -0.4 is 5.32 Å². The number of sulfone groups is 1. The lowest BCUT2D eigenvalue weighted by atomic mass is 9.87. The minimum atomic E-state index is -3.26. The molecule has 0 saturated heterocycles. The molecule has 1 N–H and O–H groups in total. The van der Waals surface area contributed by atoms with Gasteiger partial charge in [0.1, 0.15) is 5.82 Å². The molecule has 0 unspecified atom stereocenters. The standard InChI is InChI=1S/C20H23BrN2O3S/c1-27(25,26)17-8-6-15(7-9-17)18(12-14-4-2-3-5-14)20(24)23-19-13-16(21)10-11-22-19/h6-11,13-14,18H,2-5,12H2,1H3,(H,22,23,24)/t18-/m1/s1. The average Bonchev–Trinajstić information content (AvgIpc) is 3.12. The second kappa shape index (κ2) is 8.52. The Kier molecular flexibility index (Phi) is 6.32. The number of amides is 1. The van der Waals surface area contributed by atoms with Crippen LogP contribution in [-0.4, -0.2) is 25.6 Å². The van der Waals surface area contributed by atoms with Gasteiger partial charge in [-0.3, -0.25) is 4.79 Å². The predicted molar refractivity (Wildman–Crippen MR) is 109 cm³/mol. The summed E-state index contributed by atoms with van der Waals surface area (Å²) >= 11 is 3.38. The molecule has 0 spiro atoms. The van der Waals surface area contributed by atoms with Crippen LogP contribution in [0.1, 0.15) is 43.6 Å². The average molecular weight is 451 g/mol. The van der Waals surface area contributed by atoms with E-state index in [1.165, 1.54) is 19.1 Å². The van der Waals surface area contributed by atoms with Crippen LogP contribution in [0.25, 0.3) is 0 Å². The zero-order valence-electron chi connectivity index (χ0n) is 15.2. The van der Waals surface area contributed by atoms with Crippen molar-refractivity contribution in [1.29, 1.82) is 0 Å². The summed E-state index contributed by atoms with van der Waals surface area (Å²) in [5.74, 6) is 0.575. The van der Waals surface area contributed by atoms with Gasteiger partial charge in [0.25, 0.3) is 0 Å². The normalized spacial score (nSPS) is 16.2. The molecular weight excluding hydrogens is 428 g/mol.